The molecule has 0 aliphatic heterocycles. The largest absolute Gasteiger partial charge is 0.340 e. The van der Waals surface area contributed by atoms with Crippen LogP contribution < -0.4 is 5.32 Å². The second kappa shape index (κ2) is 5.36. The zero-order valence-electron chi connectivity index (χ0n) is 10.8. The van der Waals surface area contributed by atoms with Crippen LogP contribution >= 0.6 is 11.6 Å². The number of rotatable bonds is 3. The summed E-state index contributed by atoms with van der Waals surface area (Å²) >= 11 is 5.90. The van der Waals surface area contributed by atoms with E-state index in [1.54, 1.807) is 6.07 Å². The fourth-order valence-electron chi connectivity index (χ4n) is 1.91. The quantitative estimate of drug-likeness (QED) is 0.847. The van der Waals surface area contributed by atoms with Gasteiger partial charge in [0.05, 0.1) is 0 Å². The van der Waals surface area contributed by atoms with Crippen molar-refractivity contribution in [3.05, 3.63) is 46.4 Å². The van der Waals surface area contributed by atoms with E-state index in [0.29, 0.717) is 11.0 Å². The standard InChI is InChI=1S/C14H16ClN3/c1-4-11-5-6-12(7-9(11)2)18-14-8-13(15)16-10(3)17-14/h5-8H,4H2,1-3H3,(H,16,17,18). The first-order chi connectivity index (χ1) is 8.58. The molecule has 1 aromatic heterocycles. The van der Waals surface area contributed by atoms with E-state index in [2.05, 4.69) is 47.3 Å². The Hall–Kier alpha value is -1.61. The lowest BCUT2D eigenvalue weighted by Gasteiger charge is -2.09. The molecule has 0 spiro atoms. The second-order valence-corrected chi connectivity index (χ2v) is 4.63. The lowest BCUT2D eigenvalue weighted by molar-refractivity contribution is 1.06. The molecule has 2 rings (SSSR count). The first kappa shape index (κ1) is 12.8. The number of aryl methyl sites for hydroxylation is 3. The van der Waals surface area contributed by atoms with Crippen LogP contribution in [-0.2, 0) is 6.42 Å². The van der Waals surface area contributed by atoms with Crippen molar-refractivity contribution in [3.8, 4) is 0 Å². The van der Waals surface area contributed by atoms with Crippen LogP contribution in [0.3, 0.4) is 0 Å². The molecule has 2 aromatic rings. The highest BCUT2D eigenvalue weighted by atomic mass is 35.5. The normalized spacial score (nSPS) is 10.4. The van der Waals surface area contributed by atoms with Crippen molar-refractivity contribution in [1.29, 1.82) is 0 Å². The minimum Gasteiger partial charge on any atom is -0.340 e. The summed E-state index contributed by atoms with van der Waals surface area (Å²) in [5.74, 6) is 1.38. The van der Waals surface area contributed by atoms with Crippen molar-refractivity contribution < 1.29 is 0 Å². The number of hydrogen-bond donors (Lipinski definition) is 1. The van der Waals surface area contributed by atoms with Gasteiger partial charge in [0.15, 0.2) is 0 Å². The zero-order valence-corrected chi connectivity index (χ0v) is 11.5. The smallest absolute Gasteiger partial charge is 0.135 e. The van der Waals surface area contributed by atoms with Crippen LogP contribution in [0.4, 0.5) is 11.5 Å². The summed E-state index contributed by atoms with van der Waals surface area (Å²) in [5, 5.41) is 3.69. The number of nitrogens with one attached hydrogen (secondary N) is 1. The molecule has 1 aromatic carbocycles. The Balaban J connectivity index is 2.25. The van der Waals surface area contributed by atoms with Crippen molar-refractivity contribution in [2.45, 2.75) is 27.2 Å². The van der Waals surface area contributed by atoms with Crippen molar-refractivity contribution in [1.82, 2.24) is 9.97 Å². The maximum absolute atomic E-state index is 5.90. The highest BCUT2D eigenvalue weighted by molar-refractivity contribution is 6.29. The number of halogens is 1. The minimum absolute atomic E-state index is 0.451. The van der Waals surface area contributed by atoms with Crippen LogP contribution in [0.15, 0.2) is 24.3 Å². The van der Waals surface area contributed by atoms with E-state index in [0.717, 1.165) is 17.9 Å². The fraction of sp³-hybridized carbons (Fsp3) is 0.286. The van der Waals surface area contributed by atoms with Gasteiger partial charge < -0.3 is 5.32 Å². The van der Waals surface area contributed by atoms with Gasteiger partial charge in [0, 0.05) is 11.8 Å². The van der Waals surface area contributed by atoms with Gasteiger partial charge in [-0.1, -0.05) is 24.6 Å². The number of anilines is 2. The van der Waals surface area contributed by atoms with Crippen molar-refractivity contribution in [2.75, 3.05) is 5.32 Å². The van der Waals surface area contributed by atoms with E-state index < -0.39 is 0 Å². The molecule has 0 unspecified atom stereocenters. The Morgan fingerprint density at radius 1 is 1.17 bits per heavy atom. The lowest BCUT2D eigenvalue weighted by Crippen LogP contribution is -1.98. The summed E-state index contributed by atoms with van der Waals surface area (Å²) in [6.45, 7) is 6.09. The monoisotopic (exact) mass is 261 g/mol. The van der Waals surface area contributed by atoms with Crippen LogP contribution in [-0.4, -0.2) is 9.97 Å². The Bertz CT molecular complexity index is 547. The van der Waals surface area contributed by atoms with Gasteiger partial charge in [-0.15, -0.1) is 0 Å². The minimum atomic E-state index is 0.451. The van der Waals surface area contributed by atoms with Gasteiger partial charge in [-0.2, -0.15) is 0 Å². The summed E-state index contributed by atoms with van der Waals surface area (Å²) in [4.78, 5) is 8.33. The molecule has 0 bridgehead atoms. The number of nitrogens with zero attached hydrogens (tertiary/aromatic N) is 2. The molecular weight excluding hydrogens is 246 g/mol. The van der Waals surface area contributed by atoms with Crippen molar-refractivity contribution in [2.24, 2.45) is 0 Å². The van der Waals surface area contributed by atoms with Crippen LogP contribution in [0.5, 0.6) is 0 Å². The highest BCUT2D eigenvalue weighted by Gasteiger charge is 2.02. The van der Waals surface area contributed by atoms with E-state index in [9.17, 15) is 0 Å². The first-order valence-electron chi connectivity index (χ1n) is 5.96. The average Bonchev–Trinajstić information content (AvgIpc) is 2.27. The molecule has 0 aliphatic carbocycles. The topological polar surface area (TPSA) is 37.8 Å². The molecule has 0 amide bonds. The second-order valence-electron chi connectivity index (χ2n) is 4.24. The molecule has 0 saturated carbocycles. The highest BCUT2D eigenvalue weighted by Crippen LogP contribution is 2.20. The summed E-state index contributed by atoms with van der Waals surface area (Å²) in [5.41, 5.74) is 3.65. The van der Waals surface area contributed by atoms with Crippen LogP contribution in [0, 0.1) is 13.8 Å². The average molecular weight is 262 g/mol. The predicted molar refractivity (Wildman–Crippen MR) is 75.6 cm³/mol. The van der Waals surface area contributed by atoms with E-state index in [1.165, 1.54) is 11.1 Å². The molecule has 4 heteroatoms. The molecule has 0 aliphatic rings. The predicted octanol–water partition coefficient (Wildman–Crippen LogP) is 4.05. The molecule has 0 fully saturated rings. The Labute approximate surface area is 112 Å². The van der Waals surface area contributed by atoms with E-state index in [1.807, 2.05) is 6.92 Å². The molecule has 18 heavy (non-hydrogen) atoms. The van der Waals surface area contributed by atoms with Crippen molar-refractivity contribution in [3.63, 3.8) is 0 Å². The third-order valence-electron chi connectivity index (χ3n) is 2.80. The van der Waals surface area contributed by atoms with Crippen molar-refractivity contribution >= 4 is 23.1 Å². The molecule has 94 valence electrons. The number of hydrogen-bond acceptors (Lipinski definition) is 3. The summed E-state index contributed by atoms with van der Waals surface area (Å²) < 4.78 is 0. The SMILES string of the molecule is CCc1ccc(Nc2cc(Cl)nc(C)n2)cc1C. The van der Waals surface area contributed by atoms with E-state index in [-0.39, 0.29) is 0 Å². The van der Waals surface area contributed by atoms with Crippen LogP contribution in [0.25, 0.3) is 0 Å². The summed E-state index contributed by atoms with van der Waals surface area (Å²) in [6, 6.07) is 8.02. The van der Waals surface area contributed by atoms with Gasteiger partial charge in [0.25, 0.3) is 0 Å². The Morgan fingerprint density at radius 3 is 2.56 bits per heavy atom. The molecule has 0 saturated heterocycles. The van der Waals surface area contributed by atoms with Crippen LogP contribution in [0.2, 0.25) is 5.15 Å². The summed E-state index contributed by atoms with van der Waals surface area (Å²) in [6.07, 6.45) is 1.05. The zero-order chi connectivity index (χ0) is 13.1. The fourth-order valence-corrected chi connectivity index (χ4v) is 2.14. The maximum Gasteiger partial charge on any atom is 0.135 e. The molecule has 0 radical (unpaired) electrons. The lowest BCUT2D eigenvalue weighted by atomic mass is 10.1. The van der Waals surface area contributed by atoms with E-state index in [4.69, 9.17) is 11.6 Å². The molecule has 3 nitrogen and oxygen atoms in total. The molecule has 1 N–H and O–H groups in total. The molecule has 0 atom stereocenters. The van der Waals surface area contributed by atoms with Gasteiger partial charge in [-0.3, -0.25) is 0 Å². The molecule has 1 heterocycles. The number of aromatic nitrogens is 2. The van der Waals surface area contributed by atoms with Crippen LogP contribution in [0.1, 0.15) is 23.9 Å². The summed E-state index contributed by atoms with van der Waals surface area (Å²) in [7, 11) is 0. The van der Waals surface area contributed by atoms with Gasteiger partial charge >= 0.3 is 0 Å². The van der Waals surface area contributed by atoms with Gasteiger partial charge in [0.2, 0.25) is 0 Å². The third kappa shape index (κ3) is 2.99. The number of benzene rings is 1. The van der Waals surface area contributed by atoms with Gasteiger partial charge in [-0.25, -0.2) is 9.97 Å². The Morgan fingerprint density at radius 2 is 1.94 bits per heavy atom. The van der Waals surface area contributed by atoms with E-state index >= 15 is 0 Å². The first-order valence-corrected chi connectivity index (χ1v) is 6.34. The van der Waals surface area contributed by atoms with Gasteiger partial charge in [-0.05, 0) is 43.5 Å². The third-order valence-corrected chi connectivity index (χ3v) is 3.00. The maximum atomic E-state index is 5.90. The Kier molecular flexibility index (Phi) is 3.82. The molecular formula is C14H16ClN3. The van der Waals surface area contributed by atoms with Gasteiger partial charge in [0.1, 0.15) is 16.8 Å².